The Morgan fingerprint density at radius 3 is 2.72 bits per heavy atom. The van der Waals surface area contributed by atoms with Crippen LogP contribution in [-0.2, 0) is 13.0 Å². The highest BCUT2D eigenvalue weighted by Crippen LogP contribution is 2.31. The predicted octanol–water partition coefficient (Wildman–Crippen LogP) is 6.18. The molecule has 0 saturated carbocycles. The third-order valence-electron chi connectivity index (χ3n) is 5.63. The molecule has 0 bridgehead atoms. The minimum Gasteiger partial charge on any atom is -0.481 e. The van der Waals surface area contributed by atoms with E-state index in [1.54, 1.807) is 24.3 Å². The Labute approximate surface area is 216 Å². The van der Waals surface area contributed by atoms with Gasteiger partial charge in [0, 0.05) is 22.5 Å². The third kappa shape index (κ3) is 5.68. The normalized spacial score (nSPS) is 11.3. The second-order valence-electron chi connectivity index (χ2n) is 8.38. The van der Waals surface area contributed by atoms with Crippen LogP contribution in [0.2, 0.25) is 0 Å². The van der Waals surface area contributed by atoms with Crippen LogP contribution in [0.3, 0.4) is 0 Å². The molecule has 4 rings (SSSR count). The minimum atomic E-state index is -0.489. The Bertz CT molecular complexity index is 1510. The molecule has 0 atom stereocenters. The Morgan fingerprint density at radius 1 is 1.17 bits per heavy atom. The van der Waals surface area contributed by atoms with Gasteiger partial charge in [0.05, 0.1) is 22.0 Å². The number of aryl methyl sites for hydroxylation is 2. The molecule has 0 saturated heterocycles. The number of ether oxygens (including phenoxy) is 1. The highest BCUT2D eigenvalue weighted by molar-refractivity contribution is 9.10. The van der Waals surface area contributed by atoms with E-state index in [4.69, 9.17) is 4.74 Å². The van der Waals surface area contributed by atoms with E-state index in [2.05, 4.69) is 32.9 Å². The summed E-state index contributed by atoms with van der Waals surface area (Å²) in [5.74, 6) is 0.619. The molecule has 0 unspecified atom stereocenters. The summed E-state index contributed by atoms with van der Waals surface area (Å²) in [5.41, 5.74) is 2.45. The van der Waals surface area contributed by atoms with Crippen LogP contribution in [0.5, 0.6) is 5.75 Å². The number of nitrogens with zero attached hydrogens (tertiary/aromatic N) is 4. The molecular formula is C27H25BrN4O4. The lowest BCUT2D eigenvalue weighted by Gasteiger charge is -2.11. The maximum absolute atomic E-state index is 13.3. The standard InChI is InChI=1S/C27H25BrN4O4/c1-3-4-11-25-30-23-13-12-21(28)15-22(23)27(33)31(25)29-16-20-9-6-10-24(32(34)35)26(20)36-17-19-8-5-7-18(2)14-19/h5-10,12-16H,3-4,11,17H2,1-2H3. The molecule has 9 heteroatoms. The predicted molar refractivity (Wildman–Crippen MR) is 144 cm³/mol. The molecule has 0 radical (unpaired) electrons. The van der Waals surface area contributed by atoms with Crippen molar-refractivity contribution in [2.45, 2.75) is 39.7 Å². The molecule has 0 aliphatic rings. The van der Waals surface area contributed by atoms with Gasteiger partial charge < -0.3 is 4.74 Å². The van der Waals surface area contributed by atoms with Gasteiger partial charge in [-0.1, -0.05) is 65.2 Å². The maximum Gasteiger partial charge on any atom is 0.311 e. The third-order valence-corrected chi connectivity index (χ3v) is 6.12. The molecule has 1 heterocycles. The monoisotopic (exact) mass is 548 g/mol. The number of nitro benzene ring substituents is 1. The molecule has 0 aliphatic carbocycles. The fraction of sp³-hybridized carbons (Fsp3) is 0.222. The number of rotatable bonds is 9. The molecule has 184 valence electrons. The van der Waals surface area contributed by atoms with Gasteiger partial charge in [-0.3, -0.25) is 14.9 Å². The lowest BCUT2D eigenvalue weighted by Crippen LogP contribution is -2.22. The first-order valence-corrected chi connectivity index (χ1v) is 12.4. The van der Waals surface area contributed by atoms with Gasteiger partial charge in [0.25, 0.3) is 5.56 Å². The van der Waals surface area contributed by atoms with Gasteiger partial charge in [0.2, 0.25) is 5.75 Å². The van der Waals surface area contributed by atoms with Crippen LogP contribution in [0.4, 0.5) is 5.69 Å². The van der Waals surface area contributed by atoms with Gasteiger partial charge in [0.15, 0.2) is 0 Å². The minimum absolute atomic E-state index is 0.0902. The molecule has 36 heavy (non-hydrogen) atoms. The van der Waals surface area contributed by atoms with E-state index in [1.165, 1.54) is 17.0 Å². The highest BCUT2D eigenvalue weighted by atomic mass is 79.9. The number of hydrogen-bond acceptors (Lipinski definition) is 6. The number of nitro groups is 1. The molecule has 0 fully saturated rings. The Balaban J connectivity index is 1.77. The number of halogens is 1. The first-order valence-electron chi connectivity index (χ1n) is 11.6. The first-order chi connectivity index (χ1) is 17.4. The Kier molecular flexibility index (Phi) is 7.90. The van der Waals surface area contributed by atoms with Crippen molar-refractivity contribution in [2.75, 3.05) is 0 Å². The van der Waals surface area contributed by atoms with Crippen LogP contribution >= 0.6 is 15.9 Å². The van der Waals surface area contributed by atoms with Crippen molar-refractivity contribution < 1.29 is 9.66 Å². The van der Waals surface area contributed by atoms with Crippen molar-refractivity contribution in [1.82, 2.24) is 9.66 Å². The van der Waals surface area contributed by atoms with Crippen LogP contribution in [0.25, 0.3) is 10.9 Å². The van der Waals surface area contributed by atoms with E-state index < -0.39 is 4.92 Å². The summed E-state index contributed by atoms with van der Waals surface area (Å²) in [6.07, 6.45) is 3.76. The summed E-state index contributed by atoms with van der Waals surface area (Å²) < 4.78 is 7.96. The molecule has 0 aliphatic heterocycles. The average Bonchev–Trinajstić information content (AvgIpc) is 2.86. The van der Waals surface area contributed by atoms with Crippen molar-refractivity contribution >= 4 is 38.7 Å². The molecule has 3 aromatic carbocycles. The van der Waals surface area contributed by atoms with E-state index in [0.29, 0.717) is 28.7 Å². The number of para-hydroxylation sites is 1. The molecule has 0 spiro atoms. The van der Waals surface area contributed by atoms with Crippen LogP contribution in [0.15, 0.2) is 75.0 Å². The van der Waals surface area contributed by atoms with Crippen LogP contribution in [0.1, 0.15) is 42.3 Å². The van der Waals surface area contributed by atoms with E-state index >= 15 is 0 Å². The largest absolute Gasteiger partial charge is 0.481 e. The molecule has 4 aromatic rings. The number of aromatic nitrogens is 2. The summed E-state index contributed by atoms with van der Waals surface area (Å²) >= 11 is 3.40. The topological polar surface area (TPSA) is 99.6 Å². The second-order valence-corrected chi connectivity index (χ2v) is 9.30. The average molecular weight is 549 g/mol. The van der Waals surface area contributed by atoms with Crippen molar-refractivity contribution in [3.63, 3.8) is 0 Å². The summed E-state index contributed by atoms with van der Waals surface area (Å²) in [7, 11) is 0. The van der Waals surface area contributed by atoms with E-state index in [-0.39, 0.29) is 23.6 Å². The first kappa shape index (κ1) is 25.2. The number of benzene rings is 3. The van der Waals surface area contributed by atoms with Crippen molar-refractivity contribution in [3.8, 4) is 5.75 Å². The smallest absolute Gasteiger partial charge is 0.311 e. The van der Waals surface area contributed by atoms with Crippen molar-refractivity contribution in [2.24, 2.45) is 5.10 Å². The lowest BCUT2D eigenvalue weighted by atomic mass is 10.1. The van der Waals surface area contributed by atoms with Gasteiger partial charge in [-0.05, 0) is 43.2 Å². The van der Waals surface area contributed by atoms with Crippen molar-refractivity contribution in [1.29, 1.82) is 0 Å². The molecule has 1 aromatic heterocycles. The number of hydrogen-bond donors (Lipinski definition) is 0. The summed E-state index contributed by atoms with van der Waals surface area (Å²) in [6.45, 7) is 4.18. The maximum atomic E-state index is 13.3. The van der Waals surface area contributed by atoms with E-state index in [1.807, 2.05) is 37.3 Å². The molecule has 0 amide bonds. The highest BCUT2D eigenvalue weighted by Gasteiger charge is 2.19. The Morgan fingerprint density at radius 2 is 1.97 bits per heavy atom. The zero-order valence-electron chi connectivity index (χ0n) is 20.0. The zero-order chi connectivity index (χ0) is 25.7. The SMILES string of the molecule is CCCCc1nc2ccc(Br)cc2c(=O)n1N=Cc1cccc([N+](=O)[O-])c1OCc1cccc(C)c1. The van der Waals surface area contributed by atoms with Crippen LogP contribution in [0, 0.1) is 17.0 Å². The summed E-state index contributed by atoms with van der Waals surface area (Å²) in [5, 5.41) is 16.6. The van der Waals surface area contributed by atoms with Gasteiger partial charge in [-0.2, -0.15) is 9.78 Å². The summed E-state index contributed by atoms with van der Waals surface area (Å²) in [4.78, 5) is 29.2. The number of fused-ring (bicyclic) bond motifs is 1. The molecule has 8 nitrogen and oxygen atoms in total. The number of unbranched alkanes of at least 4 members (excludes halogenated alkanes) is 1. The quantitative estimate of drug-likeness (QED) is 0.141. The molecule has 0 N–H and O–H groups in total. The van der Waals surface area contributed by atoms with E-state index in [0.717, 1.165) is 28.4 Å². The summed E-state index contributed by atoms with van der Waals surface area (Å²) in [6, 6.07) is 17.7. The van der Waals surface area contributed by atoms with E-state index in [9.17, 15) is 14.9 Å². The van der Waals surface area contributed by atoms with Gasteiger partial charge in [0.1, 0.15) is 12.4 Å². The van der Waals surface area contributed by atoms with Crippen molar-refractivity contribution in [3.05, 3.63) is 108 Å². The molecular weight excluding hydrogens is 524 g/mol. The Hall–Kier alpha value is -3.85. The van der Waals surface area contributed by atoms with Crippen LogP contribution in [-0.4, -0.2) is 20.8 Å². The van der Waals surface area contributed by atoms with Crippen LogP contribution < -0.4 is 10.3 Å². The fourth-order valence-corrected chi connectivity index (χ4v) is 4.19. The van der Waals surface area contributed by atoms with Gasteiger partial charge in [-0.25, -0.2) is 4.98 Å². The lowest BCUT2D eigenvalue weighted by molar-refractivity contribution is -0.385. The second kappa shape index (κ2) is 11.3. The van der Waals surface area contributed by atoms with Gasteiger partial charge in [-0.15, -0.1) is 0 Å². The fourth-order valence-electron chi connectivity index (χ4n) is 3.83. The zero-order valence-corrected chi connectivity index (χ0v) is 21.6. The van der Waals surface area contributed by atoms with Gasteiger partial charge >= 0.3 is 5.69 Å².